The van der Waals surface area contributed by atoms with Crippen molar-refractivity contribution in [2.24, 2.45) is 0 Å². The average molecular weight is 414 g/mol. The monoisotopic (exact) mass is 412 g/mol. The molecule has 5 heteroatoms. The van der Waals surface area contributed by atoms with Crippen LogP contribution in [0.5, 0.6) is 0 Å². The molecule has 1 aromatic carbocycles. The first-order valence-electron chi connectivity index (χ1n) is 2.68. The summed E-state index contributed by atoms with van der Waals surface area (Å²) in [6.07, 6.45) is 0. The molecule has 1 rings (SSSR count). The molecule has 0 amide bonds. The summed E-state index contributed by atoms with van der Waals surface area (Å²) >= 11 is 10.4. The Hall–Kier alpha value is 1.11. The molecule has 0 aromatic heterocycles. The van der Waals surface area contributed by atoms with Gasteiger partial charge in [0.15, 0.2) is 0 Å². The number of halogens is 4. The summed E-state index contributed by atoms with van der Waals surface area (Å²) in [4.78, 5) is 0. The Morgan fingerprint density at radius 1 is 1.00 bits per heavy atom. The van der Waals surface area contributed by atoms with Crippen LogP contribution in [0.3, 0.4) is 0 Å². The normalized spacial score (nSPS) is 13.1. The Morgan fingerprint density at radius 2 is 1.45 bits per heavy atom. The summed E-state index contributed by atoms with van der Waals surface area (Å²) in [6.45, 7) is 0. The van der Waals surface area contributed by atoms with E-state index in [0.717, 1.165) is 4.46 Å². The number of benzene rings is 1. The Morgan fingerprint density at radius 3 is 1.82 bits per heavy atom. The third kappa shape index (κ3) is 3.15. The van der Waals surface area contributed by atoms with E-state index >= 15 is 0 Å². The van der Waals surface area contributed by atoms with Crippen LogP contribution < -0.4 is 4.46 Å². The second kappa shape index (κ2) is 3.88. The molecule has 62 valence electrons. The predicted molar refractivity (Wildman–Crippen MR) is 58.6 cm³/mol. The Kier molecular flexibility index (Phi) is 3.59. The quantitative estimate of drug-likeness (QED) is 0.621. The topological polar surface area (TPSA) is 0 Å². The summed E-state index contributed by atoms with van der Waals surface area (Å²) in [5.74, 6) is -0.206. The first-order valence-corrected chi connectivity index (χ1v) is 15.6. The fraction of sp³-hybridized carbons (Fsp3) is 0. The molecule has 0 unspecified atom stereocenters. The molecule has 0 saturated carbocycles. The Balaban J connectivity index is 2.99. The molecule has 0 aliphatic carbocycles. The maximum atomic E-state index is 12.4. The van der Waals surface area contributed by atoms with E-state index in [-0.39, 0.29) is 5.82 Å². The van der Waals surface area contributed by atoms with Crippen molar-refractivity contribution in [3.05, 3.63) is 30.1 Å². The Bertz CT molecular complexity index is 241. The van der Waals surface area contributed by atoms with Gasteiger partial charge in [-0.1, -0.05) is 0 Å². The van der Waals surface area contributed by atoms with Gasteiger partial charge < -0.3 is 0 Å². The van der Waals surface area contributed by atoms with Gasteiger partial charge in [-0.05, 0) is 0 Å². The summed E-state index contributed by atoms with van der Waals surface area (Å²) < 4.78 is 13.5. The fourth-order valence-corrected chi connectivity index (χ4v) is 4.89. The van der Waals surface area contributed by atoms with Crippen LogP contribution in [0.25, 0.3) is 0 Å². The van der Waals surface area contributed by atoms with Crippen molar-refractivity contribution >= 4 is 54.2 Å². The van der Waals surface area contributed by atoms with E-state index < -0.39 is 7.42 Å². The third-order valence-corrected chi connectivity index (χ3v) is 8.60. The van der Waals surface area contributed by atoms with Gasteiger partial charge in [0, 0.05) is 0 Å². The molecule has 0 aliphatic rings. The van der Waals surface area contributed by atoms with Crippen molar-refractivity contribution in [3.63, 3.8) is 0 Å². The zero-order valence-corrected chi connectivity index (χ0v) is 11.7. The molecule has 0 aliphatic heterocycles. The van der Waals surface area contributed by atoms with Gasteiger partial charge in [0.25, 0.3) is 0 Å². The molecule has 0 saturated heterocycles. The zero-order valence-electron chi connectivity index (χ0n) is 5.23. The molecule has 0 N–H and O–H groups in total. The number of hydrogen-bond acceptors (Lipinski definition) is 0. The Labute approximate surface area is 87.9 Å². The van der Waals surface area contributed by atoms with Crippen LogP contribution in [0.15, 0.2) is 24.3 Å². The predicted octanol–water partition coefficient (Wildman–Crippen LogP) is 3.16. The van der Waals surface area contributed by atoms with Crippen LogP contribution in [0.2, 0.25) is 0 Å². The molecule has 0 radical (unpaired) electrons. The van der Waals surface area contributed by atoms with E-state index in [9.17, 15) is 4.39 Å². The van der Waals surface area contributed by atoms with Crippen molar-refractivity contribution in [3.8, 4) is 0 Å². The van der Waals surface area contributed by atoms with Gasteiger partial charge in [-0.15, -0.1) is 0 Å². The molecular weight excluding hydrogens is 410 g/mol. The maximum absolute atomic E-state index is 12.4. The summed E-state index contributed by atoms with van der Waals surface area (Å²) in [5.41, 5.74) is 0. The van der Waals surface area contributed by atoms with Crippen molar-refractivity contribution in [1.29, 1.82) is 0 Å². The van der Waals surface area contributed by atoms with E-state index in [1.807, 2.05) is 0 Å². The standard InChI is InChI=1S/C6H4Br3FSe/c7-11(8,9)6-3-1-5(10)2-4-6/h1-4H. The zero-order chi connectivity index (χ0) is 8.48. The van der Waals surface area contributed by atoms with Crippen LogP contribution >= 0.6 is 42.3 Å². The minimum absolute atomic E-state index is 0.206. The summed E-state index contributed by atoms with van der Waals surface area (Å²) in [6, 6.07) is 6.41. The molecular formula is C6H4Br3FSe. The molecule has 11 heavy (non-hydrogen) atoms. The first-order chi connectivity index (χ1) is 5.00. The molecule has 0 heterocycles. The molecule has 0 bridgehead atoms. The molecule has 0 spiro atoms. The van der Waals surface area contributed by atoms with E-state index in [2.05, 4.69) is 42.3 Å². The SMILES string of the molecule is Fc1ccc([Se](Br)(Br)Br)cc1. The van der Waals surface area contributed by atoms with Crippen LogP contribution in [-0.2, 0) is 0 Å². The van der Waals surface area contributed by atoms with Gasteiger partial charge in [0.2, 0.25) is 0 Å². The van der Waals surface area contributed by atoms with Crippen LogP contribution in [0.1, 0.15) is 0 Å². The summed E-state index contributed by atoms with van der Waals surface area (Å²) in [7, 11) is -1.95. The first kappa shape index (κ1) is 10.2. The van der Waals surface area contributed by atoms with Gasteiger partial charge in [-0.3, -0.25) is 0 Å². The second-order valence-electron chi connectivity index (χ2n) is 1.86. The second-order valence-corrected chi connectivity index (χ2v) is 33.2. The van der Waals surface area contributed by atoms with E-state index in [1.165, 1.54) is 12.1 Å². The van der Waals surface area contributed by atoms with E-state index in [4.69, 9.17) is 0 Å². The van der Waals surface area contributed by atoms with Crippen LogP contribution in [0, 0.1) is 5.82 Å². The number of rotatable bonds is 1. The average Bonchev–Trinajstić information content (AvgIpc) is 1.86. The van der Waals surface area contributed by atoms with Crippen LogP contribution in [-0.4, -0.2) is 7.42 Å². The number of hydrogen-bond donors (Lipinski definition) is 0. The van der Waals surface area contributed by atoms with Crippen molar-refractivity contribution in [2.75, 3.05) is 0 Å². The van der Waals surface area contributed by atoms with Gasteiger partial charge in [-0.2, -0.15) is 0 Å². The third-order valence-electron chi connectivity index (χ3n) is 1.08. The van der Waals surface area contributed by atoms with Gasteiger partial charge in [0.1, 0.15) is 0 Å². The van der Waals surface area contributed by atoms with Crippen LogP contribution in [0.4, 0.5) is 4.39 Å². The van der Waals surface area contributed by atoms with Gasteiger partial charge in [0.05, 0.1) is 0 Å². The molecule has 0 fully saturated rings. The molecule has 1 aromatic rings. The minimum atomic E-state index is -1.95. The van der Waals surface area contributed by atoms with Crippen molar-refractivity contribution < 1.29 is 4.39 Å². The van der Waals surface area contributed by atoms with Gasteiger partial charge >= 0.3 is 88.7 Å². The molecule has 0 atom stereocenters. The van der Waals surface area contributed by atoms with E-state index in [1.54, 1.807) is 12.1 Å². The van der Waals surface area contributed by atoms with E-state index in [0.29, 0.717) is 0 Å². The fourth-order valence-electron chi connectivity index (χ4n) is 0.589. The molecule has 0 nitrogen and oxygen atoms in total. The van der Waals surface area contributed by atoms with Crippen molar-refractivity contribution in [1.82, 2.24) is 0 Å². The van der Waals surface area contributed by atoms with Crippen molar-refractivity contribution in [2.45, 2.75) is 0 Å². The van der Waals surface area contributed by atoms with Gasteiger partial charge in [-0.25, -0.2) is 0 Å². The summed E-state index contributed by atoms with van der Waals surface area (Å²) in [5, 5.41) is 0.